The maximum absolute atomic E-state index is 12.6. The Kier molecular flexibility index (Phi) is 15.8. The number of benzene rings is 2. The van der Waals surface area contributed by atoms with Crippen molar-refractivity contribution in [3.8, 4) is 11.5 Å². The minimum Gasteiger partial charge on any atom is -0.490 e. The van der Waals surface area contributed by atoms with Gasteiger partial charge >= 0.3 is 5.97 Å². The van der Waals surface area contributed by atoms with Gasteiger partial charge in [0.2, 0.25) is 5.91 Å². The van der Waals surface area contributed by atoms with Crippen LogP contribution in [0.5, 0.6) is 11.5 Å². The van der Waals surface area contributed by atoms with Crippen LogP contribution in [0.4, 0.5) is 5.00 Å². The second-order valence-electron chi connectivity index (χ2n) is 10.6. The number of amides is 2. The van der Waals surface area contributed by atoms with E-state index in [4.69, 9.17) is 38.6 Å². The molecule has 2 N–H and O–H groups in total. The third-order valence-electron chi connectivity index (χ3n) is 6.95. The van der Waals surface area contributed by atoms with Crippen LogP contribution < -0.4 is 20.1 Å². The maximum atomic E-state index is 12.6. The highest BCUT2D eigenvalue weighted by Gasteiger charge is 2.27. The zero-order valence-corrected chi connectivity index (χ0v) is 31.9. The standard InChI is InChI=1S/C19H17NO2S3.C17H22N2O5S/c1-13-2-6-15(7-3-13)21-10-11-22-16-8-4-14(5-9-16)12-17-18(23)20-19(24)25-17;1-6-19(7-2)16(22)14-11(4)13(17(23)24-5)15(25-14)18-12(21)9-8-10(3)20/h2-9,12H,10-11H2,1H3,(H,20,23,24);8-9H,6-7H2,1-5H3,(H,18,21)/b17-12-;9-8+. The highest BCUT2D eigenvalue weighted by Crippen LogP contribution is 2.34. The SMILES string of the molecule is CCN(CC)C(=O)c1sc(NC(=O)/C=C/C(C)=O)c(C(=O)OC)c1C.Cc1ccc(OCCOc2ccc(/C=C3\SC(=S)NC3=S)cc2)cc1. The average Bonchev–Trinajstić information content (AvgIpc) is 3.59. The number of hydrogen-bond donors (Lipinski definition) is 2. The molecule has 14 heteroatoms. The van der Waals surface area contributed by atoms with Crippen molar-refractivity contribution < 1.29 is 33.4 Å². The van der Waals surface area contributed by atoms with E-state index in [1.54, 1.807) is 11.8 Å². The zero-order chi connectivity index (χ0) is 36.8. The van der Waals surface area contributed by atoms with Crippen LogP contribution >= 0.6 is 47.5 Å². The van der Waals surface area contributed by atoms with Gasteiger partial charge in [0.15, 0.2) is 5.78 Å². The highest BCUT2D eigenvalue weighted by atomic mass is 32.2. The van der Waals surface area contributed by atoms with Crippen molar-refractivity contribution in [3.63, 3.8) is 0 Å². The molecule has 50 heavy (non-hydrogen) atoms. The first-order valence-corrected chi connectivity index (χ1v) is 18.0. The number of methoxy groups -OCH3 is 1. The predicted molar refractivity (Wildman–Crippen MR) is 209 cm³/mol. The first kappa shape index (κ1) is 40.1. The number of thioether (sulfide) groups is 1. The Balaban J connectivity index is 0.000000270. The van der Waals surface area contributed by atoms with Crippen LogP contribution in [0.25, 0.3) is 6.08 Å². The number of carbonyl (C=O) groups excluding carboxylic acids is 4. The molecule has 0 aliphatic carbocycles. The average molecular weight is 754 g/mol. The van der Waals surface area contributed by atoms with Crippen LogP contribution in [0.3, 0.4) is 0 Å². The number of nitrogens with zero attached hydrogens (tertiary/aromatic N) is 1. The number of anilines is 1. The summed E-state index contributed by atoms with van der Waals surface area (Å²) in [5.41, 5.74) is 2.87. The van der Waals surface area contributed by atoms with E-state index in [0.29, 0.717) is 46.1 Å². The number of nitrogens with one attached hydrogen (secondary N) is 2. The summed E-state index contributed by atoms with van der Waals surface area (Å²) in [6.45, 7) is 10.8. The lowest BCUT2D eigenvalue weighted by molar-refractivity contribution is -0.114. The molecule has 2 heterocycles. The molecular formula is C36H39N3O7S4. The fourth-order valence-electron chi connectivity index (χ4n) is 4.34. The topological polar surface area (TPSA) is 123 Å². The summed E-state index contributed by atoms with van der Waals surface area (Å²) < 4.78 is 16.8. The molecular weight excluding hydrogens is 715 g/mol. The lowest BCUT2D eigenvalue weighted by Gasteiger charge is -2.17. The quantitative estimate of drug-likeness (QED) is 0.0801. The number of aryl methyl sites for hydroxylation is 1. The van der Waals surface area contributed by atoms with Gasteiger partial charge in [0.25, 0.3) is 5.91 Å². The molecule has 10 nitrogen and oxygen atoms in total. The Hall–Kier alpha value is -4.37. The van der Waals surface area contributed by atoms with E-state index >= 15 is 0 Å². The lowest BCUT2D eigenvalue weighted by Crippen LogP contribution is -2.30. The number of ketones is 1. The van der Waals surface area contributed by atoms with Crippen molar-refractivity contribution in [2.24, 2.45) is 0 Å². The molecule has 1 aliphatic heterocycles. The fraction of sp³-hybridized carbons (Fsp3) is 0.278. The van der Waals surface area contributed by atoms with Gasteiger partial charge in [-0.2, -0.15) is 0 Å². The normalized spacial score (nSPS) is 13.0. The molecule has 1 aromatic heterocycles. The van der Waals surface area contributed by atoms with Gasteiger partial charge in [-0.25, -0.2) is 4.79 Å². The zero-order valence-electron chi connectivity index (χ0n) is 28.6. The van der Waals surface area contributed by atoms with Crippen LogP contribution in [0, 0.1) is 13.8 Å². The highest BCUT2D eigenvalue weighted by molar-refractivity contribution is 8.27. The number of ether oxygens (including phenoxy) is 3. The second-order valence-corrected chi connectivity index (χ2v) is 13.7. The molecule has 0 bridgehead atoms. The van der Waals surface area contributed by atoms with Crippen molar-refractivity contribution in [2.75, 3.05) is 38.7 Å². The van der Waals surface area contributed by atoms with Crippen molar-refractivity contribution >= 4 is 91.5 Å². The van der Waals surface area contributed by atoms with Crippen molar-refractivity contribution in [3.05, 3.63) is 92.7 Å². The maximum Gasteiger partial charge on any atom is 0.341 e. The number of esters is 1. The number of rotatable bonds is 13. The van der Waals surface area contributed by atoms with E-state index in [2.05, 4.69) is 17.6 Å². The van der Waals surface area contributed by atoms with Crippen molar-refractivity contribution in [2.45, 2.75) is 34.6 Å². The smallest absolute Gasteiger partial charge is 0.341 e. The van der Waals surface area contributed by atoms with Gasteiger partial charge in [0.1, 0.15) is 39.0 Å². The lowest BCUT2D eigenvalue weighted by atomic mass is 10.1. The summed E-state index contributed by atoms with van der Waals surface area (Å²) in [6, 6.07) is 15.8. The monoisotopic (exact) mass is 753 g/mol. The van der Waals surface area contributed by atoms with Gasteiger partial charge in [-0.1, -0.05) is 66.0 Å². The Morgan fingerprint density at radius 1 is 0.900 bits per heavy atom. The fourth-order valence-corrected chi connectivity index (χ4v) is 6.98. The van der Waals surface area contributed by atoms with E-state index in [1.165, 1.54) is 31.4 Å². The Bertz CT molecular complexity index is 1780. The van der Waals surface area contributed by atoms with Gasteiger partial charge in [0, 0.05) is 24.1 Å². The van der Waals surface area contributed by atoms with Crippen LogP contribution in [-0.4, -0.2) is 71.2 Å². The molecule has 4 rings (SSSR count). The van der Waals surface area contributed by atoms with E-state index in [1.807, 2.05) is 68.5 Å². The predicted octanol–water partition coefficient (Wildman–Crippen LogP) is 7.15. The van der Waals surface area contributed by atoms with Gasteiger partial charge in [-0.05, 0) is 82.2 Å². The summed E-state index contributed by atoms with van der Waals surface area (Å²) in [5.74, 6) is -0.0279. The molecule has 3 aromatic rings. The molecule has 1 saturated heterocycles. The van der Waals surface area contributed by atoms with Gasteiger partial charge in [-0.3, -0.25) is 14.4 Å². The minimum absolute atomic E-state index is 0.146. The molecule has 0 spiro atoms. The molecule has 0 atom stereocenters. The van der Waals surface area contributed by atoms with Crippen LogP contribution in [0.15, 0.2) is 65.6 Å². The number of thiocarbonyl (C=S) groups is 2. The first-order valence-electron chi connectivity index (χ1n) is 15.5. The third kappa shape index (κ3) is 11.9. The molecule has 0 unspecified atom stereocenters. The van der Waals surface area contributed by atoms with Crippen LogP contribution in [-0.2, 0) is 14.3 Å². The first-order chi connectivity index (χ1) is 23.9. The van der Waals surface area contributed by atoms with E-state index in [9.17, 15) is 19.2 Å². The van der Waals surface area contributed by atoms with E-state index < -0.39 is 11.9 Å². The summed E-state index contributed by atoms with van der Waals surface area (Å²) >= 11 is 12.8. The molecule has 0 saturated carbocycles. The van der Waals surface area contributed by atoms with Crippen molar-refractivity contribution in [1.82, 2.24) is 10.2 Å². The summed E-state index contributed by atoms with van der Waals surface area (Å²) in [6.07, 6.45) is 4.21. The van der Waals surface area contributed by atoms with E-state index in [-0.39, 0.29) is 22.3 Å². The summed E-state index contributed by atoms with van der Waals surface area (Å²) in [4.78, 5) is 51.2. The Morgan fingerprint density at radius 2 is 1.48 bits per heavy atom. The Morgan fingerprint density at radius 3 is 1.98 bits per heavy atom. The molecule has 2 aromatic carbocycles. The third-order valence-corrected chi connectivity index (χ3v) is 9.78. The van der Waals surface area contributed by atoms with Crippen LogP contribution in [0.2, 0.25) is 0 Å². The van der Waals surface area contributed by atoms with Gasteiger partial charge < -0.3 is 29.7 Å². The summed E-state index contributed by atoms with van der Waals surface area (Å²) in [7, 11) is 1.23. The minimum atomic E-state index is -0.641. The molecule has 1 aliphatic rings. The van der Waals surface area contributed by atoms with E-state index in [0.717, 1.165) is 45.5 Å². The second kappa shape index (κ2) is 19.7. The molecule has 0 radical (unpaired) electrons. The van der Waals surface area contributed by atoms with Gasteiger partial charge in [0.05, 0.1) is 17.6 Å². The molecule has 1 fully saturated rings. The molecule has 264 valence electrons. The number of thiophene rings is 1. The Labute approximate surface area is 311 Å². The summed E-state index contributed by atoms with van der Waals surface area (Å²) in [5, 5.41) is 5.73. The number of allylic oxidation sites excluding steroid dienone is 1. The largest absolute Gasteiger partial charge is 0.490 e. The number of hydrogen-bond acceptors (Lipinski definition) is 11. The number of carbonyl (C=O) groups is 4. The van der Waals surface area contributed by atoms with Crippen LogP contribution in [0.1, 0.15) is 57.5 Å². The van der Waals surface area contributed by atoms with Gasteiger partial charge in [-0.15, -0.1) is 11.3 Å². The molecule has 2 amide bonds. The van der Waals surface area contributed by atoms with Crippen molar-refractivity contribution in [1.29, 1.82) is 0 Å².